The summed E-state index contributed by atoms with van der Waals surface area (Å²) in [6.07, 6.45) is 1.58. The number of carbonyl (C=O) groups is 2. The SMILES string of the molecule is O=C1N/C(=C/c2ccc(OCc3ccccc3F)c(I)c2)C(=O)N1Cc1ccc(F)cc1. The summed E-state index contributed by atoms with van der Waals surface area (Å²) < 4.78 is 33.3. The molecule has 3 aromatic carbocycles. The van der Waals surface area contributed by atoms with Crippen molar-refractivity contribution in [3.05, 3.63) is 104 Å². The number of amides is 3. The topological polar surface area (TPSA) is 58.6 Å². The lowest BCUT2D eigenvalue weighted by atomic mass is 10.1. The molecule has 8 heteroatoms. The van der Waals surface area contributed by atoms with E-state index in [1.807, 2.05) is 0 Å². The molecule has 0 aliphatic carbocycles. The molecule has 3 aromatic rings. The van der Waals surface area contributed by atoms with E-state index < -0.39 is 11.9 Å². The van der Waals surface area contributed by atoms with E-state index in [-0.39, 0.29) is 30.5 Å². The maximum atomic E-state index is 13.8. The predicted octanol–water partition coefficient (Wildman–Crippen LogP) is 5.24. The first-order valence-corrected chi connectivity index (χ1v) is 10.7. The van der Waals surface area contributed by atoms with E-state index in [0.717, 1.165) is 8.47 Å². The van der Waals surface area contributed by atoms with Crippen LogP contribution in [0.2, 0.25) is 0 Å². The second-order valence-corrected chi connectivity index (χ2v) is 8.24. The van der Waals surface area contributed by atoms with Gasteiger partial charge in [-0.3, -0.25) is 9.69 Å². The summed E-state index contributed by atoms with van der Waals surface area (Å²) in [5.41, 5.74) is 1.94. The number of urea groups is 1. The van der Waals surface area contributed by atoms with E-state index in [2.05, 4.69) is 27.9 Å². The lowest BCUT2D eigenvalue weighted by Crippen LogP contribution is -2.30. The van der Waals surface area contributed by atoms with Crippen LogP contribution in [-0.4, -0.2) is 16.8 Å². The van der Waals surface area contributed by atoms with Crippen molar-refractivity contribution in [1.29, 1.82) is 0 Å². The number of ether oxygens (including phenoxy) is 1. The van der Waals surface area contributed by atoms with Gasteiger partial charge in [0.15, 0.2) is 0 Å². The second kappa shape index (κ2) is 9.47. The molecule has 0 aromatic heterocycles. The first kappa shape index (κ1) is 21.9. The first-order valence-electron chi connectivity index (χ1n) is 9.65. The van der Waals surface area contributed by atoms with Crippen LogP contribution in [0, 0.1) is 15.2 Å². The molecule has 3 amide bonds. The van der Waals surface area contributed by atoms with Crippen LogP contribution in [0.4, 0.5) is 13.6 Å². The molecular weight excluding hydrogens is 529 g/mol. The fourth-order valence-electron chi connectivity index (χ4n) is 3.15. The van der Waals surface area contributed by atoms with Crippen molar-refractivity contribution in [2.24, 2.45) is 0 Å². The van der Waals surface area contributed by atoms with Crippen LogP contribution in [-0.2, 0) is 17.9 Å². The van der Waals surface area contributed by atoms with Gasteiger partial charge in [-0.05, 0) is 70.1 Å². The molecule has 32 heavy (non-hydrogen) atoms. The van der Waals surface area contributed by atoms with E-state index in [4.69, 9.17) is 4.74 Å². The van der Waals surface area contributed by atoms with Gasteiger partial charge in [0.25, 0.3) is 5.91 Å². The van der Waals surface area contributed by atoms with E-state index >= 15 is 0 Å². The van der Waals surface area contributed by atoms with Gasteiger partial charge in [-0.2, -0.15) is 0 Å². The number of imide groups is 1. The molecule has 0 spiro atoms. The third-order valence-corrected chi connectivity index (χ3v) is 5.67. The maximum Gasteiger partial charge on any atom is 0.329 e. The van der Waals surface area contributed by atoms with Gasteiger partial charge in [0, 0.05) is 5.56 Å². The van der Waals surface area contributed by atoms with E-state index in [1.165, 1.54) is 30.3 Å². The van der Waals surface area contributed by atoms with Crippen molar-refractivity contribution in [2.75, 3.05) is 0 Å². The molecule has 1 heterocycles. The van der Waals surface area contributed by atoms with Gasteiger partial charge >= 0.3 is 6.03 Å². The van der Waals surface area contributed by atoms with Gasteiger partial charge in [0.2, 0.25) is 0 Å². The van der Waals surface area contributed by atoms with Crippen LogP contribution in [0.3, 0.4) is 0 Å². The molecule has 0 radical (unpaired) electrons. The van der Waals surface area contributed by atoms with Crippen LogP contribution in [0.5, 0.6) is 5.75 Å². The molecule has 0 atom stereocenters. The lowest BCUT2D eigenvalue weighted by molar-refractivity contribution is -0.123. The van der Waals surface area contributed by atoms with Gasteiger partial charge in [-0.15, -0.1) is 0 Å². The monoisotopic (exact) mass is 546 g/mol. The number of rotatable bonds is 6. The zero-order valence-electron chi connectivity index (χ0n) is 16.6. The second-order valence-electron chi connectivity index (χ2n) is 7.08. The van der Waals surface area contributed by atoms with Crippen molar-refractivity contribution in [2.45, 2.75) is 13.2 Å². The zero-order valence-corrected chi connectivity index (χ0v) is 18.8. The van der Waals surface area contributed by atoms with Crippen LogP contribution in [0.15, 0.2) is 72.4 Å². The maximum absolute atomic E-state index is 13.8. The molecule has 1 aliphatic rings. The van der Waals surface area contributed by atoms with E-state index in [0.29, 0.717) is 22.4 Å². The van der Waals surface area contributed by atoms with Gasteiger partial charge in [-0.25, -0.2) is 13.6 Å². The van der Waals surface area contributed by atoms with Gasteiger partial charge < -0.3 is 10.1 Å². The Labute approximate surface area is 196 Å². The number of carbonyl (C=O) groups excluding carboxylic acids is 2. The van der Waals surface area contributed by atoms with Crippen molar-refractivity contribution < 1.29 is 23.1 Å². The first-order chi connectivity index (χ1) is 15.4. The van der Waals surface area contributed by atoms with Crippen LogP contribution in [0.25, 0.3) is 6.08 Å². The molecule has 0 saturated carbocycles. The third kappa shape index (κ3) is 4.96. The Balaban J connectivity index is 1.45. The Kier molecular flexibility index (Phi) is 6.50. The van der Waals surface area contributed by atoms with Crippen molar-refractivity contribution in [1.82, 2.24) is 10.2 Å². The Hall–Kier alpha value is -3.27. The minimum atomic E-state index is -0.537. The molecule has 1 aliphatic heterocycles. The molecule has 162 valence electrons. The molecule has 1 fully saturated rings. The summed E-state index contributed by atoms with van der Waals surface area (Å²) in [4.78, 5) is 26.0. The fraction of sp³-hybridized carbons (Fsp3) is 0.0833. The van der Waals surface area contributed by atoms with Crippen LogP contribution >= 0.6 is 22.6 Å². The molecule has 0 unspecified atom stereocenters. The minimum Gasteiger partial charge on any atom is -0.488 e. The molecule has 0 bridgehead atoms. The molecule has 1 saturated heterocycles. The van der Waals surface area contributed by atoms with Gasteiger partial charge in [0.05, 0.1) is 10.1 Å². The molecular formula is C24H17F2IN2O3. The Morgan fingerprint density at radius 3 is 2.47 bits per heavy atom. The number of benzene rings is 3. The Bertz CT molecular complexity index is 1210. The zero-order chi connectivity index (χ0) is 22.7. The Morgan fingerprint density at radius 2 is 1.75 bits per heavy atom. The van der Waals surface area contributed by atoms with Crippen LogP contribution < -0.4 is 10.1 Å². The summed E-state index contributed by atoms with van der Waals surface area (Å²) in [6, 6.07) is 16.8. The standard InChI is InChI=1S/C24H17F2IN2O3/c25-18-8-5-15(6-9-18)13-29-23(30)21(28-24(29)31)12-16-7-10-22(20(27)11-16)32-14-17-3-1-2-4-19(17)26/h1-12H,13-14H2,(H,28,31)/b21-12+. The smallest absolute Gasteiger partial charge is 0.329 e. The summed E-state index contributed by atoms with van der Waals surface area (Å²) in [6.45, 7) is 0.138. The summed E-state index contributed by atoms with van der Waals surface area (Å²) in [5.74, 6) is -0.600. The highest BCUT2D eigenvalue weighted by Crippen LogP contribution is 2.25. The average Bonchev–Trinajstić information content (AvgIpc) is 3.03. The molecule has 5 nitrogen and oxygen atoms in total. The summed E-state index contributed by atoms with van der Waals surface area (Å²) in [7, 11) is 0. The predicted molar refractivity (Wildman–Crippen MR) is 123 cm³/mol. The highest BCUT2D eigenvalue weighted by molar-refractivity contribution is 14.1. The molecule has 4 rings (SSSR count). The largest absolute Gasteiger partial charge is 0.488 e. The van der Waals surface area contributed by atoms with Crippen molar-refractivity contribution >= 4 is 40.6 Å². The fourth-order valence-corrected chi connectivity index (χ4v) is 3.84. The highest BCUT2D eigenvalue weighted by atomic mass is 127. The van der Waals surface area contributed by atoms with Gasteiger partial charge in [-0.1, -0.05) is 36.4 Å². The third-order valence-electron chi connectivity index (χ3n) is 4.82. The van der Waals surface area contributed by atoms with Crippen molar-refractivity contribution in [3.8, 4) is 5.75 Å². The number of halogens is 3. The summed E-state index contributed by atoms with van der Waals surface area (Å²) in [5, 5.41) is 2.57. The number of nitrogens with zero attached hydrogens (tertiary/aromatic N) is 1. The number of hydrogen-bond acceptors (Lipinski definition) is 3. The summed E-state index contributed by atoms with van der Waals surface area (Å²) >= 11 is 2.09. The van der Waals surface area contributed by atoms with Gasteiger partial charge in [0.1, 0.15) is 29.7 Å². The quantitative estimate of drug-likeness (QED) is 0.262. The molecule has 1 N–H and O–H groups in total. The van der Waals surface area contributed by atoms with E-state index in [9.17, 15) is 18.4 Å². The highest BCUT2D eigenvalue weighted by Gasteiger charge is 2.33. The number of nitrogens with one attached hydrogen (secondary N) is 1. The average molecular weight is 546 g/mol. The minimum absolute atomic E-state index is 0.0443. The Morgan fingerprint density at radius 1 is 1.00 bits per heavy atom. The van der Waals surface area contributed by atoms with Crippen LogP contribution in [0.1, 0.15) is 16.7 Å². The normalized spacial score (nSPS) is 14.7. The van der Waals surface area contributed by atoms with Crippen molar-refractivity contribution in [3.63, 3.8) is 0 Å². The van der Waals surface area contributed by atoms with E-state index in [1.54, 1.807) is 42.5 Å². The number of hydrogen-bond donors (Lipinski definition) is 1. The lowest BCUT2D eigenvalue weighted by Gasteiger charge is -2.11.